The van der Waals surface area contributed by atoms with E-state index in [0.717, 1.165) is 11.8 Å². The van der Waals surface area contributed by atoms with Crippen molar-refractivity contribution in [2.45, 2.75) is 15.4 Å². The first kappa shape index (κ1) is 14.9. The number of hydrogen-bond donors (Lipinski definition) is 0. The second-order valence-corrected chi connectivity index (χ2v) is 5.70. The lowest BCUT2D eigenvalue weighted by atomic mass is 10.3. The van der Waals surface area contributed by atoms with E-state index in [-0.39, 0.29) is 4.34 Å². The van der Waals surface area contributed by atoms with Gasteiger partial charge < -0.3 is 9.47 Å². The number of alkyl halides is 3. The predicted octanol–water partition coefficient (Wildman–Crippen LogP) is 3.73. The summed E-state index contributed by atoms with van der Waals surface area (Å²) >= 11 is 1.50. The SMILES string of the molecule is COc1cccc(OC)c1Sc1nnc(C(F)(F)F)s1. The van der Waals surface area contributed by atoms with Crippen LogP contribution in [0, 0.1) is 0 Å². The summed E-state index contributed by atoms with van der Waals surface area (Å²) in [5.41, 5.74) is 0. The number of halogens is 3. The van der Waals surface area contributed by atoms with Gasteiger partial charge in [0.1, 0.15) is 11.5 Å². The van der Waals surface area contributed by atoms with Gasteiger partial charge in [-0.15, -0.1) is 10.2 Å². The fourth-order valence-electron chi connectivity index (χ4n) is 1.37. The lowest BCUT2D eigenvalue weighted by Crippen LogP contribution is -2.03. The molecule has 0 aliphatic rings. The highest BCUT2D eigenvalue weighted by atomic mass is 32.2. The van der Waals surface area contributed by atoms with Gasteiger partial charge in [0.05, 0.1) is 19.1 Å². The maximum Gasteiger partial charge on any atom is 0.445 e. The van der Waals surface area contributed by atoms with Gasteiger partial charge in [-0.05, 0) is 23.9 Å². The van der Waals surface area contributed by atoms with Crippen LogP contribution in [0.2, 0.25) is 0 Å². The quantitative estimate of drug-likeness (QED) is 0.858. The molecular formula is C11H9F3N2O2S2. The van der Waals surface area contributed by atoms with Crippen LogP contribution in [0.3, 0.4) is 0 Å². The Bertz CT molecular complexity index is 579. The summed E-state index contributed by atoms with van der Waals surface area (Å²) in [6.45, 7) is 0. The van der Waals surface area contributed by atoms with Crippen LogP contribution in [0.4, 0.5) is 13.2 Å². The molecular weight excluding hydrogens is 313 g/mol. The highest BCUT2D eigenvalue weighted by Gasteiger charge is 2.35. The number of benzene rings is 1. The van der Waals surface area contributed by atoms with Crippen molar-refractivity contribution in [1.82, 2.24) is 10.2 Å². The van der Waals surface area contributed by atoms with Crippen LogP contribution in [0.15, 0.2) is 27.4 Å². The number of ether oxygens (including phenoxy) is 2. The molecule has 20 heavy (non-hydrogen) atoms. The summed E-state index contributed by atoms with van der Waals surface area (Å²) in [5, 5.41) is 5.69. The van der Waals surface area contributed by atoms with Crippen LogP contribution in [-0.2, 0) is 6.18 Å². The molecule has 2 rings (SSSR count). The molecule has 0 unspecified atom stereocenters. The van der Waals surface area contributed by atoms with Crippen molar-refractivity contribution in [1.29, 1.82) is 0 Å². The molecule has 0 amide bonds. The van der Waals surface area contributed by atoms with Crippen molar-refractivity contribution in [3.8, 4) is 11.5 Å². The Balaban J connectivity index is 2.32. The average Bonchev–Trinajstić information content (AvgIpc) is 2.87. The van der Waals surface area contributed by atoms with Crippen molar-refractivity contribution in [2.75, 3.05) is 14.2 Å². The molecule has 1 aromatic heterocycles. The fraction of sp³-hybridized carbons (Fsp3) is 0.273. The summed E-state index contributed by atoms with van der Waals surface area (Å²) in [5.74, 6) is 0.996. The monoisotopic (exact) mass is 322 g/mol. The molecule has 0 saturated heterocycles. The Labute approximate surface area is 120 Å². The third-order valence-corrected chi connectivity index (χ3v) is 4.35. The van der Waals surface area contributed by atoms with Crippen molar-refractivity contribution >= 4 is 23.1 Å². The molecule has 0 aliphatic heterocycles. The molecule has 0 bridgehead atoms. The second kappa shape index (κ2) is 5.88. The van der Waals surface area contributed by atoms with Crippen LogP contribution < -0.4 is 9.47 Å². The van der Waals surface area contributed by atoms with E-state index in [1.165, 1.54) is 14.2 Å². The van der Waals surface area contributed by atoms with Crippen molar-refractivity contribution in [3.63, 3.8) is 0 Å². The summed E-state index contributed by atoms with van der Waals surface area (Å²) in [4.78, 5) is 0.558. The van der Waals surface area contributed by atoms with Gasteiger partial charge in [-0.1, -0.05) is 17.4 Å². The van der Waals surface area contributed by atoms with E-state index in [9.17, 15) is 13.2 Å². The zero-order valence-corrected chi connectivity index (χ0v) is 12.0. The van der Waals surface area contributed by atoms with E-state index in [1.54, 1.807) is 18.2 Å². The molecule has 0 N–H and O–H groups in total. The molecule has 9 heteroatoms. The van der Waals surface area contributed by atoms with Gasteiger partial charge in [-0.2, -0.15) is 13.2 Å². The minimum absolute atomic E-state index is 0.167. The van der Waals surface area contributed by atoms with Gasteiger partial charge in [0, 0.05) is 0 Å². The first-order valence-electron chi connectivity index (χ1n) is 5.25. The Morgan fingerprint density at radius 2 is 1.70 bits per heavy atom. The largest absolute Gasteiger partial charge is 0.495 e. The molecule has 4 nitrogen and oxygen atoms in total. The third kappa shape index (κ3) is 3.15. The van der Waals surface area contributed by atoms with Crippen molar-refractivity contribution in [2.24, 2.45) is 0 Å². The Morgan fingerprint density at radius 1 is 1.10 bits per heavy atom. The number of rotatable bonds is 4. The highest BCUT2D eigenvalue weighted by Crippen LogP contribution is 2.44. The summed E-state index contributed by atoms with van der Waals surface area (Å²) in [6, 6.07) is 5.11. The van der Waals surface area contributed by atoms with E-state index in [2.05, 4.69) is 10.2 Å². The minimum Gasteiger partial charge on any atom is -0.495 e. The third-order valence-electron chi connectivity index (χ3n) is 2.22. The van der Waals surface area contributed by atoms with Crippen LogP contribution in [0.1, 0.15) is 5.01 Å². The van der Waals surface area contributed by atoms with E-state index in [0.29, 0.717) is 27.7 Å². The first-order chi connectivity index (χ1) is 9.45. The number of nitrogens with zero attached hydrogens (tertiary/aromatic N) is 2. The molecule has 0 aliphatic carbocycles. The van der Waals surface area contributed by atoms with Gasteiger partial charge >= 0.3 is 6.18 Å². The number of hydrogen-bond acceptors (Lipinski definition) is 6. The fourth-order valence-corrected chi connectivity index (χ4v) is 3.23. The van der Waals surface area contributed by atoms with Crippen LogP contribution in [-0.4, -0.2) is 24.4 Å². The normalized spacial score (nSPS) is 11.4. The number of methoxy groups -OCH3 is 2. The van der Waals surface area contributed by atoms with Crippen LogP contribution in [0.25, 0.3) is 0 Å². The van der Waals surface area contributed by atoms with Crippen LogP contribution in [0.5, 0.6) is 11.5 Å². The molecule has 0 saturated carbocycles. The van der Waals surface area contributed by atoms with Crippen molar-refractivity contribution < 1.29 is 22.6 Å². The molecule has 1 aromatic carbocycles. The highest BCUT2D eigenvalue weighted by molar-refractivity contribution is 8.01. The zero-order chi connectivity index (χ0) is 14.8. The Morgan fingerprint density at radius 3 is 2.15 bits per heavy atom. The minimum atomic E-state index is -4.48. The van der Waals surface area contributed by atoms with Gasteiger partial charge in [0.15, 0.2) is 4.34 Å². The van der Waals surface area contributed by atoms with Gasteiger partial charge in [-0.25, -0.2) is 0 Å². The van der Waals surface area contributed by atoms with E-state index in [1.807, 2.05) is 0 Å². The predicted molar refractivity (Wildman–Crippen MR) is 68.6 cm³/mol. The lowest BCUT2D eigenvalue weighted by Gasteiger charge is -2.10. The Hall–Kier alpha value is -1.48. The molecule has 0 spiro atoms. The van der Waals surface area contributed by atoms with E-state index >= 15 is 0 Å². The van der Waals surface area contributed by atoms with E-state index in [4.69, 9.17) is 9.47 Å². The van der Waals surface area contributed by atoms with Crippen molar-refractivity contribution in [3.05, 3.63) is 23.2 Å². The molecule has 0 radical (unpaired) electrons. The maximum absolute atomic E-state index is 12.5. The van der Waals surface area contributed by atoms with E-state index < -0.39 is 11.2 Å². The lowest BCUT2D eigenvalue weighted by molar-refractivity contribution is -0.138. The summed E-state index contributed by atoms with van der Waals surface area (Å²) in [7, 11) is 2.94. The van der Waals surface area contributed by atoms with Gasteiger partial charge in [0.2, 0.25) is 5.01 Å². The van der Waals surface area contributed by atoms with Gasteiger partial charge in [0.25, 0.3) is 0 Å². The Kier molecular flexibility index (Phi) is 4.39. The standard InChI is InChI=1S/C11H9F3N2O2S2/c1-17-6-4-3-5-7(18-2)8(6)19-10-16-15-9(20-10)11(12,13)14/h3-5H,1-2H3. The van der Waals surface area contributed by atoms with Gasteiger partial charge in [-0.3, -0.25) is 0 Å². The topological polar surface area (TPSA) is 44.2 Å². The molecule has 108 valence electrons. The summed E-state index contributed by atoms with van der Waals surface area (Å²) < 4.78 is 47.9. The molecule has 0 atom stereocenters. The molecule has 0 fully saturated rings. The average molecular weight is 322 g/mol. The zero-order valence-electron chi connectivity index (χ0n) is 10.4. The second-order valence-electron chi connectivity index (χ2n) is 3.46. The molecule has 1 heterocycles. The first-order valence-corrected chi connectivity index (χ1v) is 6.88. The summed E-state index contributed by atoms with van der Waals surface area (Å²) in [6.07, 6.45) is -4.48. The maximum atomic E-state index is 12.5. The van der Waals surface area contributed by atoms with Crippen LogP contribution >= 0.6 is 23.1 Å². The molecule has 2 aromatic rings. The number of aromatic nitrogens is 2. The smallest absolute Gasteiger partial charge is 0.445 e.